The minimum atomic E-state index is -0.620. The Morgan fingerprint density at radius 2 is 2.13 bits per heavy atom. The standard InChI is InChI=1S/C16H21N3O4/c1-10-3-5-13(23-2)11(9-10)7-8-17-14(20)6-4-12-15(21)19-16(22)18-12/h3,5,9,12H,4,6-8H2,1-2H3,(H,17,20)(H2,18,19,21,22). The normalized spacial score (nSPS) is 16.7. The predicted molar refractivity (Wildman–Crippen MR) is 84.1 cm³/mol. The summed E-state index contributed by atoms with van der Waals surface area (Å²) in [5.74, 6) is 0.271. The summed E-state index contributed by atoms with van der Waals surface area (Å²) in [6.45, 7) is 2.49. The zero-order chi connectivity index (χ0) is 16.8. The molecule has 7 heteroatoms. The van der Waals surface area contributed by atoms with E-state index in [4.69, 9.17) is 4.74 Å². The number of methoxy groups -OCH3 is 1. The molecule has 0 saturated carbocycles. The second-order valence-electron chi connectivity index (χ2n) is 5.47. The number of imide groups is 1. The van der Waals surface area contributed by atoms with E-state index in [1.54, 1.807) is 7.11 Å². The van der Waals surface area contributed by atoms with Crippen molar-refractivity contribution < 1.29 is 19.1 Å². The van der Waals surface area contributed by atoms with Crippen molar-refractivity contribution in [3.05, 3.63) is 29.3 Å². The van der Waals surface area contributed by atoms with Crippen LogP contribution in [0.3, 0.4) is 0 Å². The third kappa shape index (κ3) is 4.70. The topological polar surface area (TPSA) is 96.5 Å². The van der Waals surface area contributed by atoms with Crippen molar-refractivity contribution in [2.45, 2.75) is 32.2 Å². The van der Waals surface area contributed by atoms with E-state index in [0.29, 0.717) is 13.0 Å². The molecular formula is C16H21N3O4. The molecule has 0 spiro atoms. The van der Waals surface area contributed by atoms with Gasteiger partial charge >= 0.3 is 6.03 Å². The van der Waals surface area contributed by atoms with Crippen LogP contribution in [0.25, 0.3) is 0 Å². The van der Waals surface area contributed by atoms with Gasteiger partial charge in [0.1, 0.15) is 11.8 Å². The van der Waals surface area contributed by atoms with Crippen molar-refractivity contribution in [3.63, 3.8) is 0 Å². The van der Waals surface area contributed by atoms with Crippen LogP contribution in [0.5, 0.6) is 5.75 Å². The summed E-state index contributed by atoms with van der Waals surface area (Å²) in [5.41, 5.74) is 2.17. The Morgan fingerprint density at radius 1 is 1.35 bits per heavy atom. The quantitative estimate of drug-likeness (QED) is 0.643. The first-order valence-electron chi connectivity index (χ1n) is 7.51. The van der Waals surface area contributed by atoms with E-state index in [1.807, 2.05) is 25.1 Å². The summed E-state index contributed by atoms with van der Waals surface area (Å²) in [6.07, 6.45) is 1.14. The first-order chi connectivity index (χ1) is 11.0. The highest BCUT2D eigenvalue weighted by atomic mass is 16.5. The first-order valence-corrected chi connectivity index (χ1v) is 7.51. The molecule has 4 amide bonds. The van der Waals surface area contributed by atoms with Crippen LogP contribution in [0, 0.1) is 6.92 Å². The van der Waals surface area contributed by atoms with Crippen LogP contribution in [0.15, 0.2) is 18.2 Å². The molecule has 0 aliphatic carbocycles. The highest BCUT2D eigenvalue weighted by Gasteiger charge is 2.29. The highest BCUT2D eigenvalue weighted by molar-refractivity contribution is 6.04. The van der Waals surface area contributed by atoms with Gasteiger partial charge in [0.05, 0.1) is 7.11 Å². The molecule has 1 fully saturated rings. The van der Waals surface area contributed by atoms with Gasteiger partial charge in [-0.15, -0.1) is 0 Å². The molecule has 1 unspecified atom stereocenters. The average Bonchev–Trinajstić information content (AvgIpc) is 2.83. The van der Waals surface area contributed by atoms with E-state index >= 15 is 0 Å². The van der Waals surface area contributed by atoms with Crippen molar-refractivity contribution in [2.24, 2.45) is 0 Å². The summed E-state index contributed by atoms with van der Waals surface area (Å²) < 4.78 is 5.30. The number of rotatable bonds is 7. The number of benzene rings is 1. The van der Waals surface area contributed by atoms with Crippen LogP contribution in [-0.4, -0.2) is 37.5 Å². The average molecular weight is 319 g/mol. The Bertz CT molecular complexity index is 615. The van der Waals surface area contributed by atoms with E-state index in [9.17, 15) is 14.4 Å². The number of hydrogen-bond acceptors (Lipinski definition) is 4. The number of aryl methyl sites for hydroxylation is 1. The first kappa shape index (κ1) is 16.8. The van der Waals surface area contributed by atoms with Gasteiger partial charge in [0.25, 0.3) is 5.91 Å². The van der Waals surface area contributed by atoms with Gasteiger partial charge < -0.3 is 15.4 Å². The number of amides is 4. The van der Waals surface area contributed by atoms with E-state index < -0.39 is 12.1 Å². The molecule has 0 bridgehead atoms. The van der Waals surface area contributed by atoms with Gasteiger partial charge in [-0.1, -0.05) is 17.7 Å². The fourth-order valence-corrected chi connectivity index (χ4v) is 2.47. The molecular weight excluding hydrogens is 298 g/mol. The van der Waals surface area contributed by atoms with E-state index in [2.05, 4.69) is 16.0 Å². The molecule has 1 aliphatic heterocycles. The number of carbonyl (C=O) groups excluding carboxylic acids is 3. The number of nitrogens with one attached hydrogen (secondary N) is 3. The summed E-state index contributed by atoms with van der Waals surface area (Å²) in [4.78, 5) is 34.1. The fourth-order valence-electron chi connectivity index (χ4n) is 2.47. The van der Waals surface area contributed by atoms with Gasteiger partial charge in [-0.3, -0.25) is 14.9 Å². The van der Waals surface area contributed by atoms with Gasteiger partial charge in [0, 0.05) is 13.0 Å². The Labute approximate surface area is 134 Å². The zero-order valence-corrected chi connectivity index (χ0v) is 13.3. The molecule has 1 aliphatic rings. The number of urea groups is 1. The third-order valence-electron chi connectivity index (χ3n) is 3.67. The predicted octanol–water partition coefficient (Wildman–Crippen LogP) is 0.651. The molecule has 3 N–H and O–H groups in total. The van der Waals surface area contributed by atoms with Crippen LogP contribution < -0.4 is 20.7 Å². The largest absolute Gasteiger partial charge is 0.496 e. The molecule has 0 aromatic heterocycles. The van der Waals surface area contributed by atoms with E-state index in [1.165, 1.54) is 0 Å². The lowest BCUT2D eigenvalue weighted by Crippen LogP contribution is -2.32. The molecule has 1 saturated heterocycles. The van der Waals surface area contributed by atoms with Crippen molar-refractivity contribution in [3.8, 4) is 5.75 Å². The van der Waals surface area contributed by atoms with Crippen LogP contribution in [0.2, 0.25) is 0 Å². The van der Waals surface area contributed by atoms with Gasteiger partial charge in [0.2, 0.25) is 5.91 Å². The Kier molecular flexibility index (Phi) is 5.56. The number of carbonyl (C=O) groups is 3. The van der Waals surface area contributed by atoms with Crippen molar-refractivity contribution in [1.29, 1.82) is 0 Å². The summed E-state index contributed by atoms with van der Waals surface area (Å²) in [6, 6.07) is 4.79. The maximum Gasteiger partial charge on any atom is 0.322 e. The Morgan fingerprint density at radius 3 is 2.78 bits per heavy atom. The maximum atomic E-state index is 11.8. The fraction of sp³-hybridized carbons (Fsp3) is 0.438. The SMILES string of the molecule is COc1ccc(C)cc1CCNC(=O)CCC1NC(=O)NC1=O. The molecule has 1 heterocycles. The van der Waals surface area contributed by atoms with Gasteiger partial charge in [0.15, 0.2) is 0 Å². The van der Waals surface area contributed by atoms with Crippen LogP contribution >= 0.6 is 0 Å². The smallest absolute Gasteiger partial charge is 0.322 e. The Hall–Kier alpha value is -2.57. The molecule has 1 atom stereocenters. The lowest BCUT2D eigenvalue weighted by Gasteiger charge is -2.11. The van der Waals surface area contributed by atoms with Crippen LogP contribution in [0.4, 0.5) is 4.79 Å². The van der Waals surface area contributed by atoms with Crippen molar-refractivity contribution >= 4 is 17.8 Å². The van der Waals surface area contributed by atoms with Crippen LogP contribution in [-0.2, 0) is 16.0 Å². The molecule has 7 nitrogen and oxygen atoms in total. The van der Waals surface area contributed by atoms with Gasteiger partial charge in [-0.2, -0.15) is 0 Å². The Balaban J connectivity index is 1.74. The summed E-state index contributed by atoms with van der Waals surface area (Å²) in [5, 5.41) is 7.42. The zero-order valence-electron chi connectivity index (χ0n) is 13.3. The molecule has 1 aromatic carbocycles. The number of ether oxygens (including phenoxy) is 1. The lowest BCUT2D eigenvalue weighted by molar-refractivity contribution is -0.122. The minimum absolute atomic E-state index is 0.148. The number of hydrogen-bond donors (Lipinski definition) is 3. The van der Waals surface area contributed by atoms with Gasteiger partial charge in [-0.05, 0) is 31.4 Å². The van der Waals surface area contributed by atoms with Crippen LogP contribution in [0.1, 0.15) is 24.0 Å². The monoisotopic (exact) mass is 319 g/mol. The molecule has 2 rings (SSSR count). The minimum Gasteiger partial charge on any atom is -0.496 e. The van der Waals surface area contributed by atoms with Crippen molar-refractivity contribution in [1.82, 2.24) is 16.0 Å². The molecule has 23 heavy (non-hydrogen) atoms. The second kappa shape index (κ2) is 7.62. The van der Waals surface area contributed by atoms with Crippen molar-refractivity contribution in [2.75, 3.05) is 13.7 Å². The van der Waals surface area contributed by atoms with Gasteiger partial charge in [-0.25, -0.2) is 4.79 Å². The third-order valence-corrected chi connectivity index (χ3v) is 3.67. The summed E-state index contributed by atoms with van der Waals surface area (Å²) >= 11 is 0. The lowest BCUT2D eigenvalue weighted by atomic mass is 10.1. The van der Waals surface area contributed by atoms with E-state index in [-0.39, 0.29) is 24.7 Å². The summed E-state index contributed by atoms with van der Waals surface area (Å²) in [7, 11) is 1.62. The second-order valence-corrected chi connectivity index (χ2v) is 5.47. The molecule has 0 radical (unpaired) electrons. The highest BCUT2D eigenvalue weighted by Crippen LogP contribution is 2.19. The van der Waals surface area contributed by atoms with E-state index in [0.717, 1.165) is 16.9 Å². The molecule has 124 valence electrons. The molecule has 1 aromatic rings. The maximum absolute atomic E-state index is 11.8.